The number of halogens is 1. The van der Waals surface area contributed by atoms with Gasteiger partial charge in [-0.05, 0) is 35.2 Å². The summed E-state index contributed by atoms with van der Waals surface area (Å²) in [7, 11) is 1.55. The first-order valence-corrected chi connectivity index (χ1v) is 10.3. The maximum absolute atomic E-state index is 11.9. The fourth-order valence-corrected chi connectivity index (χ4v) is 3.34. The molecule has 7 heteroatoms. The lowest BCUT2D eigenvalue weighted by Crippen LogP contribution is -2.98. The zero-order valence-corrected chi connectivity index (χ0v) is 18.5. The number of nitrogens with one attached hydrogen (secondary N) is 2. The SMILES string of the molecule is Cc1cc([NH+](C)[O-])c(CN=C(N)N/N=C/c2ccc(-c3ccccc3)cc2)cc1Br. The predicted molar refractivity (Wildman–Crippen MR) is 127 cm³/mol. The quantitative estimate of drug-likeness (QED) is 0.295. The standard InChI is InChI=1S/C23H24BrN5O/c1-16-12-22(29(2)30)20(13-21(16)24)15-26-23(25)28-27-14-17-8-10-19(11-9-17)18-6-4-3-5-7-18/h3-14,29H,15H2,1-2H3,(H3,25,26,28)/b27-14+. The molecule has 4 N–H and O–H groups in total. The van der Waals surface area contributed by atoms with E-state index in [1.807, 2.05) is 61.5 Å². The monoisotopic (exact) mass is 465 g/mol. The van der Waals surface area contributed by atoms with E-state index in [-0.39, 0.29) is 17.6 Å². The van der Waals surface area contributed by atoms with E-state index >= 15 is 0 Å². The van der Waals surface area contributed by atoms with Gasteiger partial charge in [-0.15, -0.1) is 0 Å². The molecule has 0 aromatic heterocycles. The van der Waals surface area contributed by atoms with Gasteiger partial charge in [-0.3, -0.25) is 0 Å². The number of hydrazone groups is 1. The number of hydrogen-bond acceptors (Lipinski definition) is 3. The number of aryl methyl sites for hydroxylation is 1. The molecule has 3 rings (SSSR count). The van der Waals surface area contributed by atoms with Crippen LogP contribution in [0.25, 0.3) is 11.1 Å². The summed E-state index contributed by atoms with van der Waals surface area (Å²) in [6.45, 7) is 2.23. The largest absolute Gasteiger partial charge is 0.629 e. The van der Waals surface area contributed by atoms with Crippen LogP contribution in [0.3, 0.4) is 0 Å². The van der Waals surface area contributed by atoms with Gasteiger partial charge in [-0.1, -0.05) is 70.5 Å². The highest BCUT2D eigenvalue weighted by atomic mass is 79.9. The number of hydrogen-bond donors (Lipinski definition) is 3. The van der Waals surface area contributed by atoms with Crippen molar-refractivity contribution in [3.63, 3.8) is 0 Å². The van der Waals surface area contributed by atoms with E-state index in [1.165, 1.54) is 5.56 Å². The maximum atomic E-state index is 11.9. The van der Waals surface area contributed by atoms with Gasteiger partial charge < -0.3 is 16.0 Å². The number of nitrogens with zero attached hydrogens (tertiary/aromatic N) is 2. The first-order chi connectivity index (χ1) is 14.4. The van der Waals surface area contributed by atoms with Crippen molar-refractivity contribution >= 4 is 33.8 Å². The molecule has 0 aliphatic heterocycles. The van der Waals surface area contributed by atoms with Crippen LogP contribution in [0, 0.1) is 12.1 Å². The van der Waals surface area contributed by atoms with E-state index in [9.17, 15) is 5.21 Å². The molecule has 1 unspecified atom stereocenters. The Bertz CT molecular complexity index is 1050. The van der Waals surface area contributed by atoms with Crippen LogP contribution in [0.5, 0.6) is 0 Å². The number of guanidine groups is 1. The molecule has 0 spiro atoms. The molecule has 0 aliphatic carbocycles. The van der Waals surface area contributed by atoms with Gasteiger partial charge in [0.25, 0.3) is 0 Å². The van der Waals surface area contributed by atoms with Crippen molar-refractivity contribution in [2.24, 2.45) is 15.8 Å². The molecular formula is C23H24BrN5O. The van der Waals surface area contributed by atoms with Crippen LogP contribution >= 0.6 is 15.9 Å². The zero-order valence-electron chi connectivity index (χ0n) is 16.9. The number of rotatable bonds is 6. The maximum Gasteiger partial charge on any atom is 0.209 e. The number of benzene rings is 3. The average Bonchev–Trinajstić information content (AvgIpc) is 2.75. The molecule has 0 radical (unpaired) electrons. The summed E-state index contributed by atoms with van der Waals surface area (Å²) >= 11 is 3.49. The van der Waals surface area contributed by atoms with Crippen molar-refractivity contribution < 1.29 is 5.06 Å². The molecule has 1 atom stereocenters. The van der Waals surface area contributed by atoms with Gasteiger partial charge in [0, 0.05) is 16.1 Å². The van der Waals surface area contributed by atoms with Gasteiger partial charge in [-0.2, -0.15) is 5.10 Å². The van der Waals surface area contributed by atoms with Crippen molar-refractivity contribution in [1.82, 2.24) is 5.43 Å². The van der Waals surface area contributed by atoms with Crippen LogP contribution in [-0.4, -0.2) is 19.2 Å². The Hall–Kier alpha value is -3.00. The lowest BCUT2D eigenvalue weighted by molar-refractivity contribution is -0.751. The smallest absolute Gasteiger partial charge is 0.209 e. The minimum absolute atomic E-state index is 0.000647. The summed E-state index contributed by atoms with van der Waals surface area (Å²) in [6.07, 6.45) is 1.68. The molecule has 0 aliphatic rings. The fourth-order valence-electron chi connectivity index (χ4n) is 2.95. The number of hydroxylamine groups is 1. The lowest BCUT2D eigenvalue weighted by atomic mass is 10.0. The molecule has 3 aromatic carbocycles. The molecule has 30 heavy (non-hydrogen) atoms. The topological polar surface area (TPSA) is 90.3 Å². The van der Waals surface area contributed by atoms with Crippen LogP contribution in [-0.2, 0) is 6.54 Å². The van der Waals surface area contributed by atoms with Crippen molar-refractivity contribution in [2.45, 2.75) is 13.5 Å². The molecule has 0 bridgehead atoms. The fraction of sp³-hybridized carbons (Fsp3) is 0.130. The van der Waals surface area contributed by atoms with E-state index in [0.717, 1.165) is 26.7 Å². The predicted octanol–water partition coefficient (Wildman–Crippen LogP) is 3.51. The second-order valence-corrected chi connectivity index (χ2v) is 7.73. The van der Waals surface area contributed by atoms with E-state index in [0.29, 0.717) is 5.69 Å². The number of aliphatic imine (C=N–C) groups is 1. The van der Waals surface area contributed by atoms with Crippen molar-refractivity contribution in [3.05, 3.63) is 93.1 Å². The van der Waals surface area contributed by atoms with Crippen LogP contribution in [0.4, 0.5) is 5.69 Å². The van der Waals surface area contributed by atoms with Crippen molar-refractivity contribution in [1.29, 1.82) is 0 Å². The number of nitrogens with two attached hydrogens (primary N) is 1. The molecule has 0 heterocycles. The second kappa shape index (κ2) is 10.2. The van der Waals surface area contributed by atoms with E-state index < -0.39 is 0 Å². The Morgan fingerprint density at radius 1 is 1.10 bits per heavy atom. The Morgan fingerprint density at radius 2 is 1.77 bits per heavy atom. The molecule has 0 saturated carbocycles. The third-order valence-electron chi connectivity index (χ3n) is 4.59. The molecule has 0 fully saturated rings. The van der Waals surface area contributed by atoms with Gasteiger partial charge in [0.1, 0.15) is 5.69 Å². The minimum atomic E-state index is -0.000647. The highest BCUT2D eigenvalue weighted by Crippen LogP contribution is 2.23. The van der Waals surface area contributed by atoms with Gasteiger partial charge in [0.15, 0.2) is 0 Å². The Morgan fingerprint density at radius 3 is 2.43 bits per heavy atom. The van der Waals surface area contributed by atoms with E-state index in [1.54, 1.807) is 13.3 Å². The van der Waals surface area contributed by atoms with Crippen LogP contribution < -0.4 is 16.2 Å². The normalized spacial score (nSPS) is 12.9. The van der Waals surface area contributed by atoms with Gasteiger partial charge >= 0.3 is 0 Å². The number of quaternary nitrogens is 1. The molecule has 154 valence electrons. The van der Waals surface area contributed by atoms with Crippen molar-refractivity contribution in [2.75, 3.05) is 7.05 Å². The van der Waals surface area contributed by atoms with E-state index in [4.69, 9.17) is 5.73 Å². The zero-order chi connectivity index (χ0) is 21.5. The third-order valence-corrected chi connectivity index (χ3v) is 5.45. The lowest BCUT2D eigenvalue weighted by Gasteiger charge is -2.19. The molecule has 0 amide bonds. The third kappa shape index (κ3) is 5.76. The summed E-state index contributed by atoms with van der Waals surface area (Å²) in [5, 5.41) is 16.0. The first kappa shape index (κ1) is 21.7. The molecular weight excluding hydrogens is 442 g/mol. The van der Waals surface area contributed by atoms with Crippen LogP contribution in [0.1, 0.15) is 16.7 Å². The Labute approximate surface area is 184 Å². The molecule has 6 nitrogen and oxygen atoms in total. The summed E-state index contributed by atoms with van der Waals surface area (Å²) in [6, 6.07) is 22.0. The summed E-state index contributed by atoms with van der Waals surface area (Å²) in [5.74, 6) is 0.179. The van der Waals surface area contributed by atoms with Crippen LogP contribution in [0.15, 0.2) is 81.3 Å². The van der Waals surface area contributed by atoms with E-state index in [2.05, 4.69) is 43.6 Å². The van der Waals surface area contributed by atoms with Gasteiger partial charge in [0.05, 0.1) is 19.8 Å². The highest BCUT2D eigenvalue weighted by molar-refractivity contribution is 9.10. The highest BCUT2D eigenvalue weighted by Gasteiger charge is 2.10. The Balaban J connectivity index is 1.61. The average molecular weight is 466 g/mol. The Kier molecular flexibility index (Phi) is 7.35. The summed E-state index contributed by atoms with van der Waals surface area (Å²) in [4.78, 5) is 4.29. The minimum Gasteiger partial charge on any atom is -0.629 e. The summed E-state index contributed by atoms with van der Waals surface area (Å²) in [5.41, 5.74) is 14.3. The van der Waals surface area contributed by atoms with Gasteiger partial charge in [-0.25, -0.2) is 10.4 Å². The first-order valence-electron chi connectivity index (χ1n) is 9.48. The molecule has 0 saturated heterocycles. The van der Waals surface area contributed by atoms with Crippen molar-refractivity contribution in [3.8, 4) is 11.1 Å². The van der Waals surface area contributed by atoms with Gasteiger partial charge in [0.2, 0.25) is 5.96 Å². The molecule has 3 aromatic rings. The van der Waals surface area contributed by atoms with Crippen LogP contribution in [0.2, 0.25) is 0 Å². The second-order valence-electron chi connectivity index (χ2n) is 6.87. The summed E-state index contributed by atoms with van der Waals surface area (Å²) < 4.78 is 0.932.